The van der Waals surface area contributed by atoms with E-state index in [1.165, 1.54) is 0 Å². The Hall–Kier alpha value is -3.37. The van der Waals surface area contributed by atoms with Crippen LogP contribution < -0.4 is 0 Å². The van der Waals surface area contributed by atoms with E-state index < -0.39 is 0 Å². The molecule has 0 bridgehead atoms. The van der Waals surface area contributed by atoms with Gasteiger partial charge in [-0.1, -0.05) is 72.8 Å². The first-order chi connectivity index (χ1) is 12.3. The van der Waals surface area contributed by atoms with E-state index in [9.17, 15) is 4.79 Å². The quantitative estimate of drug-likeness (QED) is 0.425. The lowest BCUT2D eigenvalue weighted by Gasteiger charge is -2.16. The predicted molar refractivity (Wildman–Crippen MR) is 102 cm³/mol. The lowest BCUT2D eigenvalue weighted by Crippen LogP contribution is -2.01. The van der Waals surface area contributed by atoms with Crippen molar-refractivity contribution < 1.29 is 4.79 Å². The number of hydrogen-bond donors (Lipinski definition) is 0. The molecule has 0 heterocycles. The number of fused-ring (bicyclic) bond motifs is 1. The van der Waals surface area contributed by atoms with Gasteiger partial charge < -0.3 is 0 Å². The fourth-order valence-corrected chi connectivity index (χ4v) is 3.34. The third-order valence-corrected chi connectivity index (χ3v) is 4.40. The van der Waals surface area contributed by atoms with E-state index in [4.69, 9.17) is 0 Å². The Bertz CT molecular complexity index is 1050. The summed E-state index contributed by atoms with van der Waals surface area (Å²) in [4.78, 5) is 12.7. The van der Waals surface area contributed by atoms with Crippen LogP contribution in [0.4, 0.5) is 0 Å². The topological polar surface area (TPSA) is 17.1 Å². The molecule has 0 saturated carbocycles. The molecule has 0 aromatic heterocycles. The SMILES string of the molecule is CC(=O)c1c(-c2ccccc2)cc2ccccc2c1-c1c#cccc1. The number of benzene rings is 3. The molecular formula is C24H16O. The Morgan fingerprint density at radius 2 is 1.64 bits per heavy atom. The van der Waals surface area contributed by atoms with E-state index in [2.05, 4.69) is 30.3 Å². The molecule has 0 aliphatic rings. The van der Waals surface area contributed by atoms with Crippen LogP contribution in [0.1, 0.15) is 17.3 Å². The van der Waals surface area contributed by atoms with Crippen molar-refractivity contribution in [3.05, 3.63) is 96.6 Å². The van der Waals surface area contributed by atoms with E-state index in [0.29, 0.717) is 0 Å². The van der Waals surface area contributed by atoms with Crippen LogP contribution in [0.3, 0.4) is 0 Å². The molecule has 1 nitrogen and oxygen atoms in total. The van der Waals surface area contributed by atoms with Gasteiger partial charge in [-0.05, 0) is 47.0 Å². The van der Waals surface area contributed by atoms with Crippen LogP contribution >= 0.6 is 0 Å². The van der Waals surface area contributed by atoms with Gasteiger partial charge in [0.1, 0.15) is 0 Å². The van der Waals surface area contributed by atoms with Crippen molar-refractivity contribution in [1.82, 2.24) is 0 Å². The molecule has 0 saturated heterocycles. The lowest BCUT2D eigenvalue weighted by atomic mass is 9.86. The molecule has 0 N–H and O–H groups in total. The van der Waals surface area contributed by atoms with Gasteiger partial charge in [-0.3, -0.25) is 4.79 Å². The first kappa shape index (κ1) is 15.2. The zero-order valence-electron chi connectivity index (χ0n) is 13.9. The number of carbonyl (C=O) groups excluding carboxylic acids is 1. The Labute approximate surface area is 147 Å². The molecule has 0 fully saturated rings. The Morgan fingerprint density at radius 3 is 2.36 bits per heavy atom. The minimum absolute atomic E-state index is 0.0526. The molecule has 0 atom stereocenters. The van der Waals surface area contributed by atoms with Crippen molar-refractivity contribution in [3.63, 3.8) is 0 Å². The van der Waals surface area contributed by atoms with Gasteiger partial charge >= 0.3 is 0 Å². The van der Waals surface area contributed by atoms with Crippen LogP contribution in [0, 0.1) is 12.1 Å². The van der Waals surface area contributed by atoms with Crippen molar-refractivity contribution >= 4 is 16.6 Å². The summed E-state index contributed by atoms with van der Waals surface area (Å²) < 4.78 is 0. The fraction of sp³-hybridized carbons (Fsp3) is 0.0417. The van der Waals surface area contributed by atoms with E-state index in [0.717, 1.165) is 38.6 Å². The summed E-state index contributed by atoms with van der Waals surface area (Å²) in [6.07, 6.45) is 0. The summed E-state index contributed by atoms with van der Waals surface area (Å²) in [7, 11) is 0. The first-order valence-electron chi connectivity index (χ1n) is 8.26. The second-order valence-corrected chi connectivity index (χ2v) is 6.03. The maximum atomic E-state index is 12.7. The van der Waals surface area contributed by atoms with Gasteiger partial charge in [0.25, 0.3) is 0 Å². The Kier molecular flexibility index (Phi) is 3.80. The van der Waals surface area contributed by atoms with Crippen molar-refractivity contribution in [2.75, 3.05) is 0 Å². The van der Waals surface area contributed by atoms with Crippen LogP contribution in [0.25, 0.3) is 33.0 Å². The number of carbonyl (C=O) groups is 1. The van der Waals surface area contributed by atoms with Gasteiger partial charge in [0.15, 0.2) is 5.78 Å². The molecule has 1 heteroatoms. The lowest BCUT2D eigenvalue weighted by molar-refractivity contribution is 0.101. The molecule has 0 aliphatic heterocycles. The molecule has 4 aromatic rings. The van der Waals surface area contributed by atoms with Crippen LogP contribution in [0.5, 0.6) is 0 Å². The van der Waals surface area contributed by atoms with Gasteiger partial charge in [0, 0.05) is 16.7 Å². The Balaban J connectivity index is 2.17. The number of Topliss-reactive ketones (excluding diaryl/α,β-unsaturated/α-hetero) is 1. The minimum atomic E-state index is 0.0526. The highest BCUT2D eigenvalue weighted by Crippen LogP contribution is 2.38. The third-order valence-electron chi connectivity index (χ3n) is 4.40. The summed E-state index contributed by atoms with van der Waals surface area (Å²) in [5.41, 5.74) is 4.56. The predicted octanol–water partition coefficient (Wildman–Crippen LogP) is 5.98. The fourth-order valence-electron chi connectivity index (χ4n) is 3.34. The van der Waals surface area contributed by atoms with Crippen molar-refractivity contribution in [3.8, 4) is 22.3 Å². The highest BCUT2D eigenvalue weighted by Gasteiger charge is 2.19. The highest BCUT2D eigenvalue weighted by atomic mass is 16.1. The van der Waals surface area contributed by atoms with Crippen LogP contribution in [0.2, 0.25) is 0 Å². The highest BCUT2D eigenvalue weighted by molar-refractivity contribution is 6.14. The van der Waals surface area contributed by atoms with Gasteiger partial charge in [-0.2, -0.15) is 0 Å². The van der Waals surface area contributed by atoms with E-state index in [1.807, 2.05) is 60.7 Å². The molecule has 0 unspecified atom stereocenters. The molecule has 0 amide bonds. The summed E-state index contributed by atoms with van der Waals surface area (Å²) in [5, 5.41) is 2.17. The zero-order chi connectivity index (χ0) is 17.2. The zero-order valence-corrected chi connectivity index (χ0v) is 13.9. The van der Waals surface area contributed by atoms with Crippen LogP contribution in [-0.2, 0) is 0 Å². The van der Waals surface area contributed by atoms with E-state index >= 15 is 0 Å². The summed E-state index contributed by atoms with van der Waals surface area (Å²) in [6, 6.07) is 32.3. The largest absolute Gasteiger partial charge is 0.294 e. The first-order valence-corrected chi connectivity index (χ1v) is 8.26. The maximum Gasteiger partial charge on any atom is 0.161 e. The molecular weight excluding hydrogens is 304 g/mol. The molecule has 4 aromatic carbocycles. The Morgan fingerprint density at radius 1 is 0.880 bits per heavy atom. The second-order valence-electron chi connectivity index (χ2n) is 6.03. The van der Waals surface area contributed by atoms with Crippen molar-refractivity contribution in [2.45, 2.75) is 6.92 Å². The second kappa shape index (κ2) is 6.26. The van der Waals surface area contributed by atoms with E-state index in [-0.39, 0.29) is 5.78 Å². The standard InChI is InChI=1S/C24H16O/c1-17(25)23-22(18-10-4-2-5-11-18)16-20-14-8-9-15-21(20)24(23)19-12-6-3-7-13-19/h2-6,8-12,14-16H,1H3. The number of rotatable bonds is 3. The maximum absolute atomic E-state index is 12.7. The summed E-state index contributed by atoms with van der Waals surface area (Å²) in [5.74, 6) is 0.0526. The van der Waals surface area contributed by atoms with Gasteiger partial charge in [-0.25, -0.2) is 0 Å². The van der Waals surface area contributed by atoms with Gasteiger partial charge in [0.2, 0.25) is 0 Å². The summed E-state index contributed by atoms with van der Waals surface area (Å²) >= 11 is 0. The van der Waals surface area contributed by atoms with E-state index in [1.54, 1.807) is 6.92 Å². The third kappa shape index (κ3) is 2.69. The van der Waals surface area contributed by atoms with Crippen molar-refractivity contribution in [1.29, 1.82) is 0 Å². The smallest absolute Gasteiger partial charge is 0.161 e. The molecule has 25 heavy (non-hydrogen) atoms. The molecule has 0 aliphatic carbocycles. The van der Waals surface area contributed by atoms with Crippen molar-refractivity contribution in [2.24, 2.45) is 0 Å². The monoisotopic (exact) mass is 320 g/mol. The van der Waals surface area contributed by atoms with Gasteiger partial charge in [0.05, 0.1) is 0 Å². The minimum Gasteiger partial charge on any atom is -0.294 e. The van der Waals surface area contributed by atoms with Gasteiger partial charge in [-0.15, -0.1) is 0 Å². The molecule has 0 spiro atoms. The number of hydrogen-bond acceptors (Lipinski definition) is 1. The molecule has 4 rings (SSSR count). The number of ketones is 1. The average molecular weight is 320 g/mol. The van der Waals surface area contributed by atoms with Crippen LogP contribution in [-0.4, -0.2) is 5.78 Å². The average Bonchev–Trinajstić information content (AvgIpc) is 2.67. The molecule has 118 valence electrons. The summed E-state index contributed by atoms with van der Waals surface area (Å²) in [6.45, 7) is 1.63. The molecule has 0 radical (unpaired) electrons. The van der Waals surface area contributed by atoms with Crippen LogP contribution in [0.15, 0.2) is 78.9 Å². The normalized spacial score (nSPS) is 10.4.